The van der Waals surface area contributed by atoms with Gasteiger partial charge in [-0.3, -0.25) is 4.79 Å². The second-order valence-electron chi connectivity index (χ2n) is 5.40. The predicted octanol–water partition coefficient (Wildman–Crippen LogP) is 4.38. The van der Waals surface area contributed by atoms with E-state index in [-0.39, 0.29) is 5.91 Å². The first-order valence-corrected chi connectivity index (χ1v) is 8.80. The summed E-state index contributed by atoms with van der Waals surface area (Å²) in [5.41, 5.74) is 0.720. The van der Waals surface area contributed by atoms with Crippen LogP contribution in [0.5, 0.6) is 0 Å². The largest absolute Gasteiger partial charge is 0.325 e. The number of nitrogens with one attached hydrogen (secondary N) is 1. The van der Waals surface area contributed by atoms with Gasteiger partial charge in [-0.05, 0) is 31.0 Å². The summed E-state index contributed by atoms with van der Waals surface area (Å²) in [4.78, 5) is 16.4. The van der Waals surface area contributed by atoms with Crippen molar-refractivity contribution in [3.63, 3.8) is 0 Å². The van der Waals surface area contributed by atoms with Gasteiger partial charge in [0.1, 0.15) is 0 Å². The fraction of sp³-hybridized carbons (Fsp3) is 0.375. The van der Waals surface area contributed by atoms with Gasteiger partial charge in [-0.2, -0.15) is 0 Å². The molecule has 116 valence electrons. The molecule has 1 aliphatic rings. The van der Waals surface area contributed by atoms with Gasteiger partial charge in [0.05, 0.1) is 5.75 Å². The first-order valence-electron chi connectivity index (χ1n) is 7.43. The van der Waals surface area contributed by atoms with Crippen LogP contribution in [-0.2, 0) is 4.79 Å². The Hall–Kier alpha value is -1.46. The second kappa shape index (κ2) is 7.20. The maximum Gasteiger partial charge on any atom is 0.234 e. The lowest BCUT2D eigenvalue weighted by Crippen LogP contribution is -2.15. The first-order chi connectivity index (χ1) is 10.7. The van der Waals surface area contributed by atoms with Crippen LogP contribution in [0.4, 0.5) is 5.69 Å². The number of nitrogens with zero attached hydrogens (tertiary/aromatic N) is 2. The molecule has 1 saturated carbocycles. The van der Waals surface area contributed by atoms with E-state index in [2.05, 4.69) is 14.9 Å². The van der Waals surface area contributed by atoms with Gasteiger partial charge in [-0.25, -0.2) is 4.98 Å². The minimum absolute atomic E-state index is 0.0479. The Balaban J connectivity index is 1.56. The molecule has 0 bridgehead atoms. The Morgan fingerprint density at radius 2 is 2.23 bits per heavy atom. The summed E-state index contributed by atoms with van der Waals surface area (Å²) in [6.45, 7) is 0. The molecule has 1 fully saturated rings. The van der Waals surface area contributed by atoms with E-state index in [4.69, 9.17) is 11.6 Å². The summed E-state index contributed by atoms with van der Waals surface area (Å²) in [7, 11) is 0. The van der Waals surface area contributed by atoms with Crippen LogP contribution in [0.15, 0.2) is 41.8 Å². The zero-order valence-corrected chi connectivity index (χ0v) is 13.7. The van der Waals surface area contributed by atoms with Crippen LogP contribution in [0, 0.1) is 0 Å². The molecule has 1 aromatic heterocycles. The number of imidazole rings is 1. The van der Waals surface area contributed by atoms with Gasteiger partial charge in [-0.15, -0.1) is 0 Å². The van der Waals surface area contributed by atoms with Gasteiger partial charge < -0.3 is 9.88 Å². The van der Waals surface area contributed by atoms with Crippen LogP contribution >= 0.6 is 23.4 Å². The predicted molar refractivity (Wildman–Crippen MR) is 90.5 cm³/mol. The third-order valence-electron chi connectivity index (χ3n) is 3.79. The summed E-state index contributed by atoms with van der Waals surface area (Å²) in [6, 6.07) is 7.71. The van der Waals surface area contributed by atoms with E-state index in [0.717, 1.165) is 10.8 Å². The Bertz CT molecular complexity index is 652. The number of amides is 1. The molecule has 0 saturated heterocycles. The van der Waals surface area contributed by atoms with Crippen LogP contribution in [-0.4, -0.2) is 21.2 Å². The number of anilines is 1. The minimum Gasteiger partial charge on any atom is -0.325 e. The monoisotopic (exact) mass is 335 g/mol. The minimum atomic E-state index is -0.0479. The van der Waals surface area contributed by atoms with Gasteiger partial charge in [0.2, 0.25) is 5.91 Å². The number of hydrogen-bond acceptors (Lipinski definition) is 3. The SMILES string of the molecule is O=C(CSc1nccn1C1CCCC1)Nc1cccc(Cl)c1. The highest BCUT2D eigenvalue weighted by Gasteiger charge is 2.19. The van der Waals surface area contributed by atoms with Crippen molar-refractivity contribution in [2.45, 2.75) is 36.9 Å². The Morgan fingerprint density at radius 3 is 3.00 bits per heavy atom. The molecule has 1 heterocycles. The average molecular weight is 336 g/mol. The van der Waals surface area contributed by atoms with Gasteiger partial charge in [0.25, 0.3) is 0 Å². The molecule has 1 N–H and O–H groups in total. The fourth-order valence-electron chi connectivity index (χ4n) is 2.76. The molecule has 3 rings (SSSR count). The molecule has 4 nitrogen and oxygen atoms in total. The van der Waals surface area contributed by atoms with Crippen molar-refractivity contribution >= 4 is 35.0 Å². The van der Waals surface area contributed by atoms with Gasteiger partial charge in [-0.1, -0.05) is 42.3 Å². The van der Waals surface area contributed by atoms with Gasteiger partial charge in [0, 0.05) is 29.1 Å². The summed E-state index contributed by atoms with van der Waals surface area (Å²) >= 11 is 7.39. The third kappa shape index (κ3) is 3.84. The van der Waals surface area contributed by atoms with Crippen molar-refractivity contribution in [1.82, 2.24) is 9.55 Å². The number of thioether (sulfide) groups is 1. The number of hydrogen-bond donors (Lipinski definition) is 1. The van der Waals surface area contributed by atoms with Crippen molar-refractivity contribution in [2.24, 2.45) is 0 Å². The van der Waals surface area contributed by atoms with E-state index in [1.54, 1.807) is 12.1 Å². The van der Waals surface area contributed by atoms with Crippen LogP contribution < -0.4 is 5.32 Å². The van der Waals surface area contributed by atoms with Crippen molar-refractivity contribution < 1.29 is 4.79 Å². The molecule has 1 aliphatic carbocycles. The number of rotatable bonds is 5. The zero-order valence-electron chi connectivity index (χ0n) is 12.2. The van der Waals surface area contributed by atoms with Crippen molar-refractivity contribution in [3.05, 3.63) is 41.7 Å². The summed E-state index contributed by atoms with van der Waals surface area (Å²) in [5.74, 6) is 0.296. The molecule has 2 aromatic rings. The Morgan fingerprint density at radius 1 is 1.41 bits per heavy atom. The first kappa shape index (κ1) is 15.4. The smallest absolute Gasteiger partial charge is 0.234 e. The van der Waals surface area contributed by atoms with Gasteiger partial charge >= 0.3 is 0 Å². The number of aromatic nitrogens is 2. The van der Waals surface area contributed by atoms with E-state index < -0.39 is 0 Å². The standard InChI is InChI=1S/C16H18ClN3OS/c17-12-4-3-5-13(10-12)19-15(21)11-22-16-18-8-9-20(16)14-6-1-2-7-14/h3-5,8-10,14H,1-2,6-7,11H2,(H,19,21). The summed E-state index contributed by atoms with van der Waals surface area (Å²) in [6.07, 6.45) is 8.81. The topological polar surface area (TPSA) is 46.9 Å². The molecule has 1 aromatic carbocycles. The molecule has 0 atom stereocenters. The second-order valence-corrected chi connectivity index (χ2v) is 6.78. The molecular formula is C16H18ClN3OS. The highest BCUT2D eigenvalue weighted by atomic mass is 35.5. The maximum absolute atomic E-state index is 12.0. The molecule has 0 spiro atoms. The molecule has 0 unspecified atom stereocenters. The number of carbonyl (C=O) groups is 1. The number of benzene rings is 1. The maximum atomic E-state index is 12.0. The lowest BCUT2D eigenvalue weighted by Gasteiger charge is -2.14. The summed E-state index contributed by atoms with van der Waals surface area (Å²) in [5, 5.41) is 4.39. The fourth-order valence-corrected chi connectivity index (χ4v) is 3.78. The van der Waals surface area contributed by atoms with Gasteiger partial charge in [0.15, 0.2) is 5.16 Å². The van der Waals surface area contributed by atoms with E-state index in [1.165, 1.54) is 37.4 Å². The molecule has 1 amide bonds. The Kier molecular flexibility index (Phi) is 5.05. The zero-order chi connectivity index (χ0) is 15.4. The molecule has 22 heavy (non-hydrogen) atoms. The molecule has 0 radical (unpaired) electrons. The highest BCUT2D eigenvalue weighted by molar-refractivity contribution is 7.99. The quantitative estimate of drug-likeness (QED) is 0.825. The average Bonchev–Trinajstić information content (AvgIpc) is 3.16. The number of halogens is 1. The van der Waals surface area contributed by atoms with E-state index in [1.807, 2.05) is 24.5 Å². The van der Waals surface area contributed by atoms with Crippen molar-refractivity contribution in [2.75, 3.05) is 11.1 Å². The Labute approximate surface area is 139 Å². The highest BCUT2D eigenvalue weighted by Crippen LogP contribution is 2.32. The van der Waals surface area contributed by atoms with E-state index >= 15 is 0 Å². The van der Waals surface area contributed by atoms with Crippen molar-refractivity contribution in [1.29, 1.82) is 0 Å². The lowest BCUT2D eigenvalue weighted by molar-refractivity contribution is -0.113. The normalized spacial score (nSPS) is 15.1. The van der Waals surface area contributed by atoms with E-state index in [0.29, 0.717) is 16.8 Å². The molecule has 0 aliphatic heterocycles. The van der Waals surface area contributed by atoms with Crippen LogP contribution in [0.3, 0.4) is 0 Å². The third-order valence-corrected chi connectivity index (χ3v) is 5.01. The van der Waals surface area contributed by atoms with Crippen LogP contribution in [0.2, 0.25) is 5.02 Å². The molecular weight excluding hydrogens is 318 g/mol. The lowest BCUT2D eigenvalue weighted by atomic mass is 10.2. The van der Waals surface area contributed by atoms with E-state index in [9.17, 15) is 4.79 Å². The number of carbonyl (C=O) groups excluding carboxylic acids is 1. The van der Waals surface area contributed by atoms with Crippen LogP contribution in [0.1, 0.15) is 31.7 Å². The van der Waals surface area contributed by atoms with Crippen molar-refractivity contribution in [3.8, 4) is 0 Å². The van der Waals surface area contributed by atoms with Crippen LogP contribution in [0.25, 0.3) is 0 Å². The summed E-state index contributed by atoms with van der Waals surface area (Å²) < 4.78 is 2.21. The molecule has 6 heteroatoms.